The van der Waals surface area contributed by atoms with Crippen LogP contribution in [0, 0.1) is 18.8 Å². The van der Waals surface area contributed by atoms with Crippen LogP contribution in [-0.2, 0) is 25.9 Å². The minimum Gasteiger partial charge on any atom is -0.334 e. The van der Waals surface area contributed by atoms with Crippen LogP contribution in [0.2, 0.25) is 0 Å². The first-order valence-corrected chi connectivity index (χ1v) is 12.3. The minimum atomic E-state index is 0.270. The maximum atomic E-state index is 12.8. The molecular formula is C28H36N2O. The third-order valence-corrected chi connectivity index (χ3v) is 7.64. The zero-order chi connectivity index (χ0) is 21.4. The average Bonchev–Trinajstić information content (AvgIpc) is 3.53. The van der Waals surface area contributed by atoms with Crippen molar-refractivity contribution in [2.45, 2.75) is 65.5 Å². The second-order valence-electron chi connectivity index (χ2n) is 10.1. The molecule has 3 aliphatic rings. The molecule has 0 aromatic heterocycles. The fourth-order valence-electron chi connectivity index (χ4n) is 5.66. The van der Waals surface area contributed by atoms with E-state index < -0.39 is 0 Å². The molecule has 3 nitrogen and oxygen atoms in total. The summed E-state index contributed by atoms with van der Waals surface area (Å²) < 4.78 is 0. The highest BCUT2D eigenvalue weighted by atomic mass is 16.2. The first kappa shape index (κ1) is 20.8. The molecule has 0 unspecified atom stereocenters. The van der Waals surface area contributed by atoms with Crippen LogP contribution in [0.25, 0.3) is 0 Å². The Morgan fingerprint density at radius 1 is 0.968 bits per heavy atom. The van der Waals surface area contributed by atoms with E-state index in [0.29, 0.717) is 0 Å². The number of amides is 1. The van der Waals surface area contributed by atoms with E-state index in [0.717, 1.165) is 49.9 Å². The summed E-state index contributed by atoms with van der Waals surface area (Å²) in [5.74, 6) is 1.79. The lowest BCUT2D eigenvalue weighted by Gasteiger charge is -2.32. The van der Waals surface area contributed by atoms with Gasteiger partial charge in [-0.25, -0.2) is 0 Å². The van der Waals surface area contributed by atoms with Crippen molar-refractivity contribution in [3.63, 3.8) is 0 Å². The number of hydrogen-bond acceptors (Lipinski definition) is 2. The molecule has 0 atom stereocenters. The van der Waals surface area contributed by atoms with Crippen LogP contribution in [0.1, 0.15) is 70.8 Å². The normalized spacial score (nSPS) is 19.8. The Labute approximate surface area is 187 Å². The molecule has 5 rings (SSSR count). The van der Waals surface area contributed by atoms with Gasteiger partial charge in [-0.1, -0.05) is 43.3 Å². The van der Waals surface area contributed by atoms with Gasteiger partial charge in [0.1, 0.15) is 0 Å². The van der Waals surface area contributed by atoms with Gasteiger partial charge in [0.15, 0.2) is 0 Å². The number of rotatable bonds is 7. The van der Waals surface area contributed by atoms with Crippen LogP contribution in [0.5, 0.6) is 0 Å². The Morgan fingerprint density at radius 2 is 1.71 bits per heavy atom. The SMILES string of the molecule is CCc1ccccc1CN1CCC(Cc2cc(C)c3c(c2)CN(CC2CC2)C3=O)CC1. The highest BCUT2D eigenvalue weighted by molar-refractivity contribution is 5.99. The molecule has 1 saturated heterocycles. The van der Waals surface area contributed by atoms with E-state index in [1.807, 2.05) is 0 Å². The number of carbonyl (C=O) groups is 1. The van der Waals surface area contributed by atoms with Crippen molar-refractivity contribution in [1.82, 2.24) is 9.80 Å². The molecule has 0 spiro atoms. The number of hydrogen-bond donors (Lipinski definition) is 0. The summed E-state index contributed by atoms with van der Waals surface area (Å²) in [5.41, 5.74) is 7.88. The number of benzene rings is 2. The van der Waals surface area contributed by atoms with Crippen molar-refractivity contribution in [2.24, 2.45) is 11.8 Å². The summed E-state index contributed by atoms with van der Waals surface area (Å²) in [6, 6.07) is 13.5. The average molecular weight is 417 g/mol. The van der Waals surface area contributed by atoms with Gasteiger partial charge in [0.2, 0.25) is 0 Å². The lowest BCUT2D eigenvalue weighted by atomic mass is 9.88. The fourth-order valence-corrected chi connectivity index (χ4v) is 5.66. The molecule has 0 radical (unpaired) electrons. The van der Waals surface area contributed by atoms with Crippen molar-refractivity contribution < 1.29 is 4.79 Å². The molecule has 0 N–H and O–H groups in total. The minimum absolute atomic E-state index is 0.270. The lowest BCUT2D eigenvalue weighted by molar-refractivity contribution is 0.0770. The highest BCUT2D eigenvalue weighted by Gasteiger charge is 2.34. The fraction of sp³-hybridized carbons (Fsp3) is 0.536. The first-order chi connectivity index (χ1) is 15.1. The summed E-state index contributed by atoms with van der Waals surface area (Å²) in [7, 11) is 0. The van der Waals surface area contributed by atoms with Gasteiger partial charge in [-0.15, -0.1) is 0 Å². The van der Waals surface area contributed by atoms with E-state index in [1.165, 1.54) is 66.6 Å². The van der Waals surface area contributed by atoms with Crippen molar-refractivity contribution >= 4 is 5.91 Å². The predicted molar refractivity (Wildman–Crippen MR) is 126 cm³/mol. The quantitative estimate of drug-likeness (QED) is 0.605. The van der Waals surface area contributed by atoms with Crippen molar-refractivity contribution in [3.8, 4) is 0 Å². The maximum absolute atomic E-state index is 12.8. The number of likely N-dealkylation sites (tertiary alicyclic amines) is 1. The van der Waals surface area contributed by atoms with Gasteiger partial charge >= 0.3 is 0 Å². The van der Waals surface area contributed by atoms with Crippen molar-refractivity contribution in [2.75, 3.05) is 19.6 Å². The third-order valence-electron chi connectivity index (χ3n) is 7.64. The molecule has 2 aromatic carbocycles. The van der Waals surface area contributed by atoms with Crippen LogP contribution >= 0.6 is 0 Å². The van der Waals surface area contributed by atoms with Gasteiger partial charge in [-0.05, 0) is 98.2 Å². The Balaban J connectivity index is 1.18. The topological polar surface area (TPSA) is 23.6 Å². The van der Waals surface area contributed by atoms with Crippen LogP contribution in [0.15, 0.2) is 36.4 Å². The zero-order valence-corrected chi connectivity index (χ0v) is 19.2. The summed E-state index contributed by atoms with van der Waals surface area (Å²) >= 11 is 0. The molecule has 2 aromatic rings. The smallest absolute Gasteiger partial charge is 0.254 e. The van der Waals surface area contributed by atoms with Gasteiger partial charge in [0.05, 0.1) is 0 Å². The number of carbonyl (C=O) groups excluding carboxylic acids is 1. The molecule has 31 heavy (non-hydrogen) atoms. The lowest BCUT2D eigenvalue weighted by Crippen LogP contribution is -2.34. The van der Waals surface area contributed by atoms with Crippen LogP contribution in [-0.4, -0.2) is 35.3 Å². The molecule has 2 heterocycles. The highest BCUT2D eigenvalue weighted by Crippen LogP contribution is 2.35. The summed E-state index contributed by atoms with van der Waals surface area (Å²) in [5, 5.41) is 0. The Morgan fingerprint density at radius 3 is 2.42 bits per heavy atom. The molecule has 164 valence electrons. The Bertz CT molecular complexity index is 953. The van der Waals surface area contributed by atoms with E-state index in [2.05, 4.69) is 60.0 Å². The maximum Gasteiger partial charge on any atom is 0.254 e. The number of nitrogens with zero attached hydrogens (tertiary/aromatic N) is 2. The van der Waals surface area contributed by atoms with Crippen molar-refractivity contribution in [3.05, 3.63) is 69.8 Å². The second-order valence-corrected chi connectivity index (χ2v) is 10.1. The number of aryl methyl sites for hydroxylation is 2. The second kappa shape index (κ2) is 8.78. The molecule has 0 bridgehead atoms. The summed E-state index contributed by atoms with van der Waals surface area (Å²) in [6.45, 7) is 9.65. The van der Waals surface area contributed by atoms with Gasteiger partial charge in [-0.2, -0.15) is 0 Å². The van der Waals surface area contributed by atoms with E-state index >= 15 is 0 Å². The van der Waals surface area contributed by atoms with Gasteiger partial charge in [-0.3, -0.25) is 9.69 Å². The molecule has 3 heteroatoms. The Hall–Kier alpha value is -2.13. The third kappa shape index (κ3) is 4.57. The number of fused-ring (bicyclic) bond motifs is 1. The molecule has 2 fully saturated rings. The van der Waals surface area contributed by atoms with Crippen LogP contribution in [0.3, 0.4) is 0 Å². The molecule has 1 amide bonds. The summed E-state index contributed by atoms with van der Waals surface area (Å²) in [4.78, 5) is 17.6. The molecular weight excluding hydrogens is 380 g/mol. The van der Waals surface area contributed by atoms with Crippen molar-refractivity contribution in [1.29, 1.82) is 0 Å². The van der Waals surface area contributed by atoms with Crippen LogP contribution in [0.4, 0.5) is 0 Å². The van der Waals surface area contributed by atoms with E-state index in [4.69, 9.17) is 0 Å². The summed E-state index contributed by atoms with van der Waals surface area (Å²) in [6.07, 6.45) is 7.42. The van der Waals surface area contributed by atoms with E-state index in [-0.39, 0.29) is 5.91 Å². The van der Waals surface area contributed by atoms with E-state index in [1.54, 1.807) is 0 Å². The number of piperidine rings is 1. The van der Waals surface area contributed by atoms with Gasteiger partial charge in [0, 0.05) is 25.2 Å². The molecule has 1 aliphatic carbocycles. The molecule has 1 saturated carbocycles. The largest absolute Gasteiger partial charge is 0.334 e. The van der Waals surface area contributed by atoms with E-state index in [9.17, 15) is 4.79 Å². The zero-order valence-electron chi connectivity index (χ0n) is 19.2. The monoisotopic (exact) mass is 416 g/mol. The van der Waals surface area contributed by atoms with Gasteiger partial charge in [0.25, 0.3) is 5.91 Å². The Kier molecular flexibility index (Phi) is 5.88. The first-order valence-electron chi connectivity index (χ1n) is 12.3. The predicted octanol–water partition coefficient (Wildman–Crippen LogP) is 5.38. The van der Waals surface area contributed by atoms with Gasteiger partial charge < -0.3 is 4.90 Å². The molecule has 2 aliphatic heterocycles. The standard InChI is InChI=1S/C28H36N2O/c1-3-24-6-4-5-7-25(24)18-29-12-10-21(11-13-29)15-23-14-20(2)27-26(16-23)19-30(28(27)31)17-22-8-9-22/h4-7,14,16,21-22H,3,8-13,15,17-19H2,1-2H3. The van der Waals surface area contributed by atoms with Crippen LogP contribution < -0.4 is 0 Å².